The molecule has 0 bridgehead atoms. The van der Waals surface area contributed by atoms with Gasteiger partial charge in [-0.25, -0.2) is 0 Å². The van der Waals surface area contributed by atoms with E-state index in [1.165, 1.54) is 0 Å². The Morgan fingerprint density at radius 1 is 1.40 bits per heavy atom. The lowest BCUT2D eigenvalue weighted by Gasteiger charge is -2.06. The number of unbranched alkanes of at least 4 members (excludes halogenated alkanes) is 2. The Morgan fingerprint density at radius 2 is 2.20 bits per heavy atom. The molecule has 1 aromatic rings. The molecule has 80 valence electrons. The Hall–Kier alpha value is -1.14. The summed E-state index contributed by atoms with van der Waals surface area (Å²) in [7, 11) is 0. The minimum atomic E-state index is 0.657. The van der Waals surface area contributed by atoms with Gasteiger partial charge in [-0.3, -0.25) is 0 Å². The van der Waals surface area contributed by atoms with E-state index in [0.29, 0.717) is 6.42 Å². The summed E-state index contributed by atoms with van der Waals surface area (Å²) in [5, 5.41) is 8.39. The first-order chi connectivity index (χ1) is 7.25. The molecule has 1 aromatic carbocycles. The van der Waals surface area contributed by atoms with Crippen molar-refractivity contribution >= 4 is 17.4 Å². The third-order valence-corrected chi connectivity index (χ3v) is 3.38. The average molecular weight is 220 g/mol. The fourth-order valence-electron chi connectivity index (χ4n) is 1.27. The van der Waals surface area contributed by atoms with Gasteiger partial charge in [0, 0.05) is 17.0 Å². The molecule has 0 saturated heterocycles. The molecule has 0 radical (unpaired) electrons. The fraction of sp³-hybridized carbons (Fsp3) is 0.417. The molecule has 1 rings (SSSR count). The Balaban J connectivity index is 2.38. The van der Waals surface area contributed by atoms with Crippen molar-refractivity contribution in [2.24, 2.45) is 0 Å². The van der Waals surface area contributed by atoms with Crippen molar-refractivity contribution in [2.45, 2.75) is 31.1 Å². The second kappa shape index (κ2) is 6.36. The zero-order chi connectivity index (χ0) is 11.1. The molecule has 0 unspecified atom stereocenters. The van der Waals surface area contributed by atoms with Gasteiger partial charge < -0.3 is 5.73 Å². The summed E-state index contributed by atoms with van der Waals surface area (Å²) in [5.41, 5.74) is 7.98. The van der Waals surface area contributed by atoms with E-state index in [4.69, 9.17) is 11.0 Å². The van der Waals surface area contributed by atoms with Gasteiger partial charge in [0.15, 0.2) is 0 Å². The van der Waals surface area contributed by atoms with Crippen LogP contribution in [0.25, 0.3) is 0 Å². The molecule has 15 heavy (non-hydrogen) atoms. The van der Waals surface area contributed by atoms with E-state index < -0.39 is 0 Å². The van der Waals surface area contributed by atoms with Crippen molar-refractivity contribution in [3.63, 3.8) is 0 Å². The molecular weight excluding hydrogens is 204 g/mol. The monoisotopic (exact) mass is 220 g/mol. The molecule has 3 heteroatoms. The van der Waals surface area contributed by atoms with Gasteiger partial charge in [-0.05, 0) is 37.1 Å². The van der Waals surface area contributed by atoms with Gasteiger partial charge in [-0.15, -0.1) is 11.8 Å². The molecule has 0 spiro atoms. The van der Waals surface area contributed by atoms with Crippen LogP contribution in [0.3, 0.4) is 0 Å². The summed E-state index contributed by atoms with van der Waals surface area (Å²) in [6.07, 6.45) is 2.71. The number of anilines is 1. The summed E-state index contributed by atoms with van der Waals surface area (Å²) in [5.74, 6) is 1.04. The third kappa shape index (κ3) is 3.85. The number of hydrogen-bond acceptors (Lipinski definition) is 3. The number of thioether (sulfide) groups is 1. The van der Waals surface area contributed by atoms with Crippen LogP contribution < -0.4 is 5.73 Å². The van der Waals surface area contributed by atoms with Gasteiger partial charge in [0.05, 0.1) is 6.07 Å². The number of para-hydroxylation sites is 1. The van der Waals surface area contributed by atoms with Gasteiger partial charge in [0.1, 0.15) is 0 Å². The lowest BCUT2D eigenvalue weighted by molar-refractivity contribution is 0.830. The first-order valence-electron chi connectivity index (χ1n) is 5.10. The van der Waals surface area contributed by atoms with E-state index in [1.807, 2.05) is 19.1 Å². The van der Waals surface area contributed by atoms with E-state index in [-0.39, 0.29) is 0 Å². The predicted molar refractivity (Wildman–Crippen MR) is 65.8 cm³/mol. The molecular formula is C12H16N2S. The highest BCUT2D eigenvalue weighted by Gasteiger charge is 2.01. The van der Waals surface area contributed by atoms with E-state index in [0.717, 1.165) is 34.7 Å². The van der Waals surface area contributed by atoms with Gasteiger partial charge >= 0.3 is 0 Å². The largest absolute Gasteiger partial charge is 0.398 e. The number of hydrogen-bond donors (Lipinski definition) is 1. The van der Waals surface area contributed by atoms with Crippen molar-refractivity contribution < 1.29 is 0 Å². The Morgan fingerprint density at radius 3 is 2.93 bits per heavy atom. The smallest absolute Gasteiger partial charge is 0.0621 e. The fourth-order valence-corrected chi connectivity index (χ4v) is 2.33. The maximum Gasteiger partial charge on any atom is 0.0621 e. The maximum absolute atomic E-state index is 8.39. The predicted octanol–water partition coefficient (Wildman–Crippen LogP) is 3.36. The van der Waals surface area contributed by atoms with E-state index in [1.54, 1.807) is 11.8 Å². The molecule has 2 nitrogen and oxygen atoms in total. The molecule has 0 saturated carbocycles. The van der Waals surface area contributed by atoms with Crippen molar-refractivity contribution in [1.29, 1.82) is 5.26 Å². The number of nitrogens with two attached hydrogens (primary N) is 1. The van der Waals surface area contributed by atoms with Crippen LogP contribution >= 0.6 is 11.8 Å². The summed E-state index contributed by atoms with van der Waals surface area (Å²) >= 11 is 1.78. The van der Waals surface area contributed by atoms with E-state index in [2.05, 4.69) is 12.1 Å². The van der Waals surface area contributed by atoms with Gasteiger partial charge in [-0.1, -0.05) is 12.1 Å². The van der Waals surface area contributed by atoms with Crippen LogP contribution in [0.1, 0.15) is 24.8 Å². The average Bonchev–Trinajstić information content (AvgIpc) is 2.24. The molecule has 0 atom stereocenters. The first kappa shape index (κ1) is 11.9. The Kier molecular flexibility index (Phi) is 5.06. The topological polar surface area (TPSA) is 49.8 Å². The SMILES string of the molecule is Cc1cccc(SCCCCC#N)c1N. The normalized spacial score (nSPS) is 9.87. The first-order valence-corrected chi connectivity index (χ1v) is 6.09. The summed E-state index contributed by atoms with van der Waals surface area (Å²) < 4.78 is 0. The lowest BCUT2D eigenvalue weighted by atomic mass is 10.2. The van der Waals surface area contributed by atoms with Crippen molar-refractivity contribution in [1.82, 2.24) is 0 Å². The van der Waals surface area contributed by atoms with Crippen LogP contribution in [0, 0.1) is 18.3 Å². The minimum Gasteiger partial charge on any atom is -0.398 e. The summed E-state index contributed by atoms with van der Waals surface area (Å²) in [6.45, 7) is 2.02. The Bertz CT molecular complexity index is 355. The number of nitriles is 1. The second-order valence-electron chi connectivity index (χ2n) is 3.45. The highest BCUT2D eigenvalue weighted by atomic mass is 32.2. The van der Waals surface area contributed by atoms with Crippen molar-refractivity contribution in [3.8, 4) is 6.07 Å². The molecule has 0 heterocycles. The number of aryl methyl sites for hydroxylation is 1. The van der Waals surface area contributed by atoms with Crippen LogP contribution in [0.2, 0.25) is 0 Å². The highest BCUT2D eigenvalue weighted by molar-refractivity contribution is 7.99. The Labute approximate surface area is 95.5 Å². The molecule has 2 N–H and O–H groups in total. The van der Waals surface area contributed by atoms with Crippen molar-refractivity contribution in [2.75, 3.05) is 11.5 Å². The molecule has 0 aliphatic rings. The lowest BCUT2D eigenvalue weighted by Crippen LogP contribution is -1.92. The molecule has 0 aliphatic carbocycles. The van der Waals surface area contributed by atoms with Crippen LogP contribution in [0.4, 0.5) is 5.69 Å². The minimum absolute atomic E-state index is 0.657. The number of nitrogen functional groups attached to an aromatic ring is 1. The standard InChI is InChI=1S/C12H16N2S/c1-10-6-5-7-11(12(10)14)15-9-4-2-3-8-13/h5-7H,2-4,9,14H2,1H3. The van der Waals surface area contributed by atoms with Crippen LogP contribution in [-0.4, -0.2) is 5.75 Å². The molecule has 0 aromatic heterocycles. The van der Waals surface area contributed by atoms with Gasteiger partial charge in [0.2, 0.25) is 0 Å². The maximum atomic E-state index is 8.39. The molecule has 0 amide bonds. The zero-order valence-electron chi connectivity index (χ0n) is 8.99. The van der Waals surface area contributed by atoms with Crippen molar-refractivity contribution in [3.05, 3.63) is 23.8 Å². The van der Waals surface area contributed by atoms with Crippen LogP contribution in [0.5, 0.6) is 0 Å². The van der Waals surface area contributed by atoms with Gasteiger partial charge in [0.25, 0.3) is 0 Å². The third-order valence-electron chi connectivity index (χ3n) is 2.22. The summed E-state index contributed by atoms with van der Waals surface area (Å²) in [4.78, 5) is 1.16. The van der Waals surface area contributed by atoms with Crippen LogP contribution in [0.15, 0.2) is 23.1 Å². The number of rotatable bonds is 5. The second-order valence-corrected chi connectivity index (χ2v) is 4.59. The summed E-state index contributed by atoms with van der Waals surface area (Å²) in [6, 6.07) is 8.26. The zero-order valence-corrected chi connectivity index (χ0v) is 9.81. The molecule has 0 aliphatic heterocycles. The van der Waals surface area contributed by atoms with E-state index in [9.17, 15) is 0 Å². The van der Waals surface area contributed by atoms with Crippen LogP contribution in [-0.2, 0) is 0 Å². The van der Waals surface area contributed by atoms with Gasteiger partial charge in [-0.2, -0.15) is 5.26 Å². The van der Waals surface area contributed by atoms with E-state index >= 15 is 0 Å². The number of benzene rings is 1. The highest BCUT2D eigenvalue weighted by Crippen LogP contribution is 2.28. The molecule has 0 fully saturated rings. The quantitative estimate of drug-likeness (QED) is 0.470. The number of nitrogens with zero attached hydrogens (tertiary/aromatic N) is 1.